The van der Waals surface area contributed by atoms with Crippen LogP contribution in [0.5, 0.6) is 0 Å². The summed E-state index contributed by atoms with van der Waals surface area (Å²) in [6.45, 7) is 1.96. The number of rotatable bonds is 1. The van der Waals surface area contributed by atoms with Crippen molar-refractivity contribution in [3.05, 3.63) is 64.7 Å². The molecule has 1 aliphatic carbocycles. The van der Waals surface area contributed by atoms with Crippen LogP contribution in [0, 0.1) is 0 Å². The normalized spacial score (nSPS) is 20.5. The SMILES string of the molecule is C[C@]1(NO)c2ccccc2C=Cc2ccc(N)cc21. The Labute approximate surface area is 112 Å². The van der Waals surface area contributed by atoms with E-state index in [1.807, 2.05) is 49.4 Å². The summed E-state index contributed by atoms with van der Waals surface area (Å²) >= 11 is 0. The lowest BCUT2D eigenvalue weighted by molar-refractivity contribution is 0.0922. The maximum atomic E-state index is 9.74. The Bertz CT molecular complexity index is 664. The molecule has 0 saturated carbocycles. The molecular weight excluding hydrogens is 236 g/mol. The van der Waals surface area contributed by atoms with E-state index in [1.54, 1.807) is 0 Å². The molecule has 1 atom stereocenters. The molecule has 96 valence electrons. The summed E-state index contributed by atoms with van der Waals surface area (Å²) in [4.78, 5) is 0. The number of hydroxylamine groups is 1. The lowest BCUT2D eigenvalue weighted by atomic mass is 9.82. The molecule has 0 aromatic heterocycles. The highest BCUT2D eigenvalue weighted by Gasteiger charge is 2.33. The quantitative estimate of drug-likeness (QED) is 0.540. The molecule has 0 fully saturated rings. The fourth-order valence-electron chi connectivity index (χ4n) is 2.70. The van der Waals surface area contributed by atoms with Crippen molar-refractivity contribution in [3.63, 3.8) is 0 Å². The topological polar surface area (TPSA) is 58.3 Å². The van der Waals surface area contributed by atoms with Gasteiger partial charge in [-0.05, 0) is 41.3 Å². The maximum Gasteiger partial charge on any atom is 0.0911 e. The minimum atomic E-state index is -0.676. The summed E-state index contributed by atoms with van der Waals surface area (Å²) in [7, 11) is 0. The molecule has 19 heavy (non-hydrogen) atoms. The number of hydrogen-bond acceptors (Lipinski definition) is 3. The molecule has 1 aliphatic rings. The summed E-state index contributed by atoms with van der Waals surface area (Å²) < 4.78 is 0. The van der Waals surface area contributed by atoms with Gasteiger partial charge in [0, 0.05) is 5.69 Å². The molecule has 0 radical (unpaired) electrons. The third kappa shape index (κ3) is 1.75. The van der Waals surface area contributed by atoms with Crippen LogP contribution < -0.4 is 11.2 Å². The van der Waals surface area contributed by atoms with Crippen LogP contribution in [0.25, 0.3) is 12.2 Å². The summed E-state index contributed by atoms with van der Waals surface area (Å²) in [5.74, 6) is 0. The third-order valence-electron chi connectivity index (χ3n) is 3.78. The van der Waals surface area contributed by atoms with Gasteiger partial charge in [0.15, 0.2) is 0 Å². The number of nitrogens with one attached hydrogen (secondary N) is 1. The average molecular weight is 252 g/mol. The Balaban J connectivity index is 2.35. The van der Waals surface area contributed by atoms with Gasteiger partial charge < -0.3 is 10.9 Å². The number of anilines is 1. The van der Waals surface area contributed by atoms with Crippen molar-refractivity contribution >= 4 is 17.8 Å². The van der Waals surface area contributed by atoms with Gasteiger partial charge in [0.25, 0.3) is 0 Å². The van der Waals surface area contributed by atoms with Crippen LogP contribution >= 0.6 is 0 Å². The van der Waals surface area contributed by atoms with Crippen molar-refractivity contribution in [2.24, 2.45) is 0 Å². The molecule has 2 aromatic rings. The Morgan fingerprint density at radius 2 is 1.68 bits per heavy atom. The lowest BCUT2D eigenvalue weighted by Crippen LogP contribution is -2.39. The van der Waals surface area contributed by atoms with Crippen LogP contribution in [0.4, 0.5) is 5.69 Å². The first-order valence-electron chi connectivity index (χ1n) is 6.24. The van der Waals surface area contributed by atoms with E-state index < -0.39 is 5.54 Å². The van der Waals surface area contributed by atoms with Crippen LogP contribution in [-0.4, -0.2) is 5.21 Å². The molecule has 3 nitrogen and oxygen atoms in total. The van der Waals surface area contributed by atoms with E-state index in [1.165, 1.54) is 0 Å². The van der Waals surface area contributed by atoms with Gasteiger partial charge in [0.05, 0.1) is 5.54 Å². The highest BCUT2D eigenvalue weighted by atomic mass is 16.5. The molecule has 3 rings (SSSR count). The van der Waals surface area contributed by atoms with Crippen molar-refractivity contribution in [1.29, 1.82) is 0 Å². The molecular formula is C16H16N2O. The first-order chi connectivity index (χ1) is 9.15. The fraction of sp³-hybridized carbons (Fsp3) is 0.125. The molecule has 0 heterocycles. The molecule has 0 aliphatic heterocycles. The zero-order valence-electron chi connectivity index (χ0n) is 10.7. The van der Waals surface area contributed by atoms with E-state index in [2.05, 4.69) is 17.6 Å². The summed E-state index contributed by atoms with van der Waals surface area (Å²) in [5.41, 5.74) is 12.5. The van der Waals surface area contributed by atoms with E-state index in [-0.39, 0.29) is 0 Å². The summed E-state index contributed by atoms with van der Waals surface area (Å²) in [5, 5.41) is 9.74. The molecule has 4 N–H and O–H groups in total. The highest BCUT2D eigenvalue weighted by Crippen LogP contribution is 2.38. The van der Waals surface area contributed by atoms with Crippen molar-refractivity contribution in [2.75, 3.05) is 5.73 Å². The predicted octanol–water partition coefficient (Wildman–Crippen LogP) is 2.99. The van der Waals surface area contributed by atoms with Crippen molar-refractivity contribution < 1.29 is 5.21 Å². The Hall–Kier alpha value is -2.10. The van der Waals surface area contributed by atoms with E-state index in [9.17, 15) is 5.21 Å². The van der Waals surface area contributed by atoms with Gasteiger partial charge in [-0.3, -0.25) is 0 Å². The molecule has 0 spiro atoms. The van der Waals surface area contributed by atoms with E-state index in [0.717, 1.165) is 22.3 Å². The largest absolute Gasteiger partial charge is 0.399 e. The van der Waals surface area contributed by atoms with Crippen LogP contribution in [0.3, 0.4) is 0 Å². The van der Waals surface area contributed by atoms with Gasteiger partial charge in [-0.25, -0.2) is 0 Å². The molecule has 0 amide bonds. The second kappa shape index (κ2) is 4.23. The minimum absolute atomic E-state index is 0.676. The summed E-state index contributed by atoms with van der Waals surface area (Å²) in [6, 6.07) is 13.8. The number of nitrogens with two attached hydrogens (primary N) is 1. The number of benzene rings is 2. The Morgan fingerprint density at radius 3 is 2.42 bits per heavy atom. The molecule has 3 heteroatoms. The van der Waals surface area contributed by atoms with Crippen LogP contribution in [-0.2, 0) is 5.54 Å². The van der Waals surface area contributed by atoms with Crippen molar-refractivity contribution in [2.45, 2.75) is 12.5 Å². The van der Waals surface area contributed by atoms with Gasteiger partial charge in [-0.2, -0.15) is 5.48 Å². The first kappa shape index (κ1) is 12.0. The van der Waals surface area contributed by atoms with E-state index in [0.29, 0.717) is 5.69 Å². The number of fused-ring (bicyclic) bond motifs is 2. The lowest BCUT2D eigenvalue weighted by Gasteiger charge is -2.31. The van der Waals surface area contributed by atoms with Crippen molar-refractivity contribution in [1.82, 2.24) is 5.48 Å². The van der Waals surface area contributed by atoms with E-state index >= 15 is 0 Å². The molecule has 0 unspecified atom stereocenters. The van der Waals surface area contributed by atoms with E-state index in [4.69, 9.17) is 5.73 Å². The smallest absolute Gasteiger partial charge is 0.0911 e. The summed E-state index contributed by atoms with van der Waals surface area (Å²) in [6.07, 6.45) is 4.11. The van der Waals surface area contributed by atoms with Crippen LogP contribution in [0.15, 0.2) is 42.5 Å². The van der Waals surface area contributed by atoms with Crippen LogP contribution in [0.2, 0.25) is 0 Å². The second-order valence-electron chi connectivity index (χ2n) is 5.00. The fourth-order valence-corrected chi connectivity index (χ4v) is 2.70. The zero-order valence-corrected chi connectivity index (χ0v) is 10.7. The predicted molar refractivity (Wildman–Crippen MR) is 77.6 cm³/mol. The van der Waals surface area contributed by atoms with Gasteiger partial charge in [-0.15, -0.1) is 0 Å². The maximum absolute atomic E-state index is 9.74. The monoisotopic (exact) mass is 252 g/mol. The van der Waals surface area contributed by atoms with Crippen LogP contribution in [0.1, 0.15) is 29.2 Å². The third-order valence-corrected chi connectivity index (χ3v) is 3.78. The zero-order chi connectivity index (χ0) is 13.5. The van der Waals surface area contributed by atoms with Gasteiger partial charge in [-0.1, -0.05) is 42.5 Å². The van der Waals surface area contributed by atoms with Gasteiger partial charge in [0.2, 0.25) is 0 Å². The number of hydrogen-bond donors (Lipinski definition) is 3. The average Bonchev–Trinajstić information content (AvgIpc) is 2.56. The molecule has 2 aromatic carbocycles. The molecule has 0 saturated heterocycles. The molecule has 0 bridgehead atoms. The van der Waals surface area contributed by atoms with Gasteiger partial charge >= 0.3 is 0 Å². The number of nitrogen functional groups attached to an aromatic ring is 1. The van der Waals surface area contributed by atoms with Crippen molar-refractivity contribution in [3.8, 4) is 0 Å². The minimum Gasteiger partial charge on any atom is -0.399 e. The first-order valence-corrected chi connectivity index (χ1v) is 6.24. The Morgan fingerprint density at radius 1 is 1.00 bits per heavy atom. The van der Waals surface area contributed by atoms with Gasteiger partial charge in [0.1, 0.15) is 0 Å². The highest BCUT2D eigenvalue weighted by molar-refractivity contribution is 5.78. The second-order valence-corrected chi connectivity index (χ2v) is 5.00. The standard InChI is InChI=1S/C16H16N2O/c1-16(18-19)14-5-3-2-4-11(14)6-7-12-8-9-13(17)10-15(12)16/h2-10,18-19H,17H2,1H3/t16-/m0/s1. The Kier molecular flexibility index (Phi) is 2.66.